The molecule has 1 aliphatic heterocycles. The van der Waals surface area contributed by atoms with Gasteiger partial charge in [-0.25, -0.2) is 4.68 Å². The van der Waals surface area contributed by atoms with Crippen molar-refractivity contribution < 1.29 is 9.90 Å². The van der Waals surface area contributed by atoms with Gasteiger partial charge < -0.3 is 9.67 Å². The predicted octanol–water partition coefficient (Wildman–Crippen LogP) is 4.10. The fourth-order valence-electron chi connectivity index (χ4n) is 5.30. The molecule has 146 valence electrons. The Morgan fingerprint density at radius 1 is 1.14 bits per heavy atom. The highest BCUT2D eigenvalue weighted by Gasteiger charge is 2.29. The number of fused-ring (bicyclic) bond motifs is 3. The molecule has 28 heavy (non-hydrogen) atoms. The molecule has 2 aliphatic rings. The molecule has 5 rings (SSSR count). The van der Waals surface area contributed by atoms with Gasteiger partial charge in [-0.1, -0.05) is 42.7 Å². The number of hydrogen-bond donors (Lipinski definition) is 1. The lowest BCUT2D eigenvalue weighted by atomic mass is 9.87. The molecule has 0 amide bonds. The van der Waals surface area contributed by atoms with Crippen LogP contribution >= 0.6 is 0 Å². The van der Waals surface area contributed by atoms with E-state index < -0.39 is 5.97 Å². The Morgan fingerprint density at radius 3 is 2.79 bits per heavy atom. The van der Waals surface area contributed by atoms with Gasteiger partial charge in [0.05, 0.1) is 24.4 Å². The topological polar surface area (TPSA) is 72.9 Å². The van der Waals surface area contributed by atoms with E-state index >= 15 is 0 Å². The first-order valence-corrected chi connectivity index (χ1v) is 10.4. The molecule has 6 heteroatoms. The van der Waals surface area contributed by atoms with Gasteiger partial charge in [0, 0.05) is 29.1 Å². The third kappa shape index (κ3) is 2.91. The molecule has 0 saturated heterocycles. The standard InChI is InChI=1S/C22H26N4O2/c27-22(28)12-18-17-8-4-5-9-19(17)25-14-16(10-11-20(18)25)26-21(13-23-24-26)15-6-2-1-3-7-15/h4-5,8-9,13,15-16H,1-3,6-7,10-12,14H2,(H,27,28). The normalized spacial score (nSPS) is 20.4. The zero-order chi connectivity index (χ0) is 19.1. The maximum atomic E-state index is 11.4. The average molecular weight is 378 g/mol. The molecule has 3 heterocycles. The van der Waals surface area contributed by atoms with E-state index in [1.807, 2.05) is 18.3 Å². The Morgan fingerprint density at radius 2 is 1.96 bits per heavy atom. The zero-order valence-corrected chi connectivity index (χ0v) is 16.0. The van der Waals surface area contributed by atoms with Crippen molar-refractivity contribution >= 4 is 16.9 Å². The smallest absolute Gasteiger partial charge is 0.307 e. The zero-order valence-electron chi connectivity index (χ0n) is 16.0. The van der Waals surface area contributed by atoms with Gasteiger partial charge in [0.25, 0.3) is 0 Å². The number of carbonyl (C=O) groups is 1. The highest BCUT2D eigenvalue weighted by molar-refractivity contribution is 5.89. The van der Waals surface area contributed by atoms with Crippen molar-refractivity contribution in [2.24, 2.45) is 0 Å². The molecule has 3 aromatic rings. The third-order valence-corrected chi connectivity index (χ3v) is 6.60. The molecule has 1 atom stereocenters. The van der Waals surface area contributed by atoms with Crippen LogP contribution in [-0.4, -0.2) is 30.6 Å². The number of rotatable bonds is 4. The Bertz CT molecular complexity index is 1010. The minimum Gasteiger partial charge on any atom is -0.481 e. The maximum Gasteiger partial charge on any atom is 0.307 e. The average Bonchev–Trinajstić information content (AvgIpc) is 3.32. The Balaban J connectivity index is 1.51. The second-order valence-electron chi connectivity index (χ2n) is 8.25. The van der Waals surface area contributed by atoms with Crippen molar-refractivity contribution in [3.8, 4) is 0 Å². The summed E-state index contributed by atoms with van der Waals surface area (Å²) in [5.41, 5.74) is 4.58. The van der Waals surface area contributed by atoms with Crippen molar-refractivity contribution in [2.75, 3.05) is 0 Å². The van der Waals surface area contributed by atoms with Crippen LogP contribution in [0.5, 0.6) is 0 Å². The number of nitrogens with zero attached hydrogens (tertiary/aromatic N) is 4. The van der Waals surface area contributed by atoms with Gasteiger partial charge in [0.2, 0.25) is 0 Å². The van der Waals surface area contributed by atoms with E-state index in [-0.39, 0.29) is 12.5 Å². The van der Waals surface area contributed by atoms with Crippen molar-refractivity contribution in [3.05, 3.63) is 47.4 Å². The summed E-state index contributed by atoms with van der Waals surface area (Å²) in [4.78, 5) is 11.4. The van der Waals surface area contributed by atoms with E-state index in [9.17, 15) is 9.90 Å². The van der Waals surface area contributed by atoms with Crippen LogP contribution in [0.2, 0.25) is 0 Å². The van der Waals surface area contributed by atoms with E-state index in [0.29, 0.717) is 5.92 Å². The molecule has 1 N–H and O–H groups in total. The number of carboxylic acid groups (broad SMARTS) is 1. The summed E-state index contributed by atoms with van der Waals surface area (Å²) in [6.45, 7) is 0.832. The van der Waals surface area contributed by atoms with Crippen molar-refractivity contribution in [2.45, 2.75) is 69.9 Å². The molecule has 2 aromatic heterocycles. The largest absolute Gasteiger partial charge is 0.481 e. The summed E-state index contributed by atoms with van der Waals surface area (Å²) in [6, 6.07) is 8.47. The number of benzene rings is 1. The van der Waals surface area contributed by atoms with Crippen LogP contribution in [0, 0.1) is 0 Å². The first-order valence-electron chi connectivity index (χ1n) is 10.4. The van der Waals surface area contributed by atoms with Crippen LogP contribution in [-0.2, 0) is 24.2 Å². The van der Waals surface area contributed by atoms with Gasteiger partial charge in [-0.2, -0.15) is 0 Å². The first-order chi connectivity index (χ1) is 13.7. The minimum atomic E-state index is -0.767. The fourth-order valence-corrected chi connectivity index (χ4v) is 5.30. The van der Waals surface area contributed by atoms with Crippen molar-refractivity contribution in [1.82, 2.24) is 19.6 Å². The summed E-state index contributed by atoms with van der Waals surface area (Å²) >= 11 is 0. The highest BCUT2D eigenvalue weighted by Crippen LogP contribution is 2.37. The number of aromatic nitrogens is 4. The number of carboxylic acids is 1. The molecule has 0 spiro atoms. The molecule has 1 unspecified atom stereocenters. The SMILES string of the molecule is O=C(O)Cc1c2n(c3ccccc13)CC(n1nncc1C1CCCCC1)CC2. The molecule has 0 radical (unpaired) electrons. The van der Waals surface area contributed by atoms with Crippen LogP contribution in [0.4, 0.5) is 0 Å². The van der Waals surface area contributed by atoms with Crippen LogP contribution in [0.15, 0.2) is 30.5 Å². The van der Waals surface area contributed by atoms with Crippen LogP contribution in [0.25, 0.3) is 10.9 Å². The van der Waals surface area contributed by atoms with Gasteiger partial charge in [-0.3, -0.25) is 4.79 Å². The van der Waals surface area contributed by atoms with Gasteiger partial charge in [-0.05, 0) is 37.3 Å². The van der Waals surface area contributed by atoms with Crippen LogP contribution in [0.3, 0.4) is 0 Å². The maximum absolute atomic E-state index is 11.4. The number of para-hydroxylation sites is 1. The fraction of sp³-hybridized carbons (Fsp3) is 0.500. The lowest BCUT2D eigenvalue weighted by molar-refractivity contribution is -0.136. The predicted molar refractivity (Wildman–Crippen MR) is 106 cm³/mol. The Kier molecular flexibility index (Phi) is 4.41. The summed E-state index contributed by atoms with van der Waals surface area (Å²) in [5.74, 6) is -0.189. The monoisotopic (exact) mass is 378 g/mol. The molecular formula is C22H26N4O2. The van der Waals surface area contributed by atoms with E-state index in [2.05, 4.69) is 31.7 Å². The quantitative estimate of drug-likeness (QED) is 0.742. The van der Waals surface area contributed by atoms with Gasteiger partial charge in [-0.15, -0.1) is 5.10 Å². The number of hydrogen-bond acceptors (Lipinski definition) is 3. The highest BCUT2D eigenvalue weighted by atomic mass is 16.4. The van der Waals surface area contributed by atoms with Crippen molar-refractivity contribution in [3.63, 3.8) is 0 Å². The van der Waals surface area contributed by atoms with Crippen LogP contribution < -0.4 is 0 Å². The molecule has 1 saturated carbocycles. The Hall–Kier alpha value is -2.63. The van der Waals surface area contributed by atoms with Crippen LogP contribution in [0.1, 0.15) is 67.4 Å². The lowest BCUT2D eigenvalue weighted by Gasteiger charge is -2.29. The van der Waals surface area contributed by atoms with E-state index in [0.717, 1.165) is 35.9 Å². The Labute approximate surface area is 164 Å². The third-order valence-electron chi connectivity index (χ3n) is 6.60. The number of aliphatic carboxylic acids is 1. The van der Waals surface area contributed by atoms with E-state index in [1.54, 1.807) is 0 Å². The van der Waals surface area contributed by atoms with Gasteiger partial charge in [0.15, 0.2) is 0 Å². The lowest BCUT2D eigenvalue weighted by Crippen LogP contribution is -2.27. The minimum absolute atomic E-state index is 0.0875. The molecule has 1 aliphatic carbocycles. The summed E-state index contributed by atoms with van der Waals surface area (Å²) in [6.07, 6.45) is 10.3. The van der Waals surface area contributed by atoms with Gasteiger partial charge in [0.1, 0.15) is 0 Å². The summed E-state index contributed by atoms with van der Waals surface area (Å²) < 4.78 is 4.50. The molecule has 6 nitrogen and oxygen atoms in total. The second-order valence-corrected chi connectivity index (χ2v) is 8.25. The summed E-state index contributed by atoms with van der Waals surface area (Å²) in [5, 5.41) is 19.2. The van der Waals surface area contributed by atoms with Gasteiger partial charge >= 0.3 is 5.97 Å². The molecule has 1 fully saturated rings. The first kappa shape index (κ1) is 17.5. The molecule has 0 bridgehead atoms. The summed E-state index contributed by atoms with van der Waals surface area (Å²) in [7, 11) is 0. The van der Waals surface area contributed by atoms with E-state index in [4.69, 9.17) is 0 Å². The second kappa shape index (κ2) is 7.08. The van der Waals surface area contributed by atoms with Crippen molar-refractivity contribution in [1.29, 1.82) is 0 Å². The molecule has 1 aromatic carbocycles. The molecular weight excluding hydrogens is 352 g/mol. The van der Waals surface area contributed by atoms with E-state index in [1.165, 1.54) is 43.5 Å².